The number of thioether (sulfide) groups is 1. The van der Waals surface area contributed by atoms with E-state index in [9.17, 15) is 4.79 Å². The maximum absolute atomic E-state index is 11.6. The van der Waals surface area contributed by atoms with Crippen molar-refractivity contribution in [2.45, 2.75) is 32.1 Å². The molecule has 0 aliphatic carbocycles. The second-order valence-electron chi connectivity index (χ2n) is 5.43. The Kier molecular flexibility index (Phi) is 5.01. The summed E-state index contributed by atoms with van der Waals surface area (Å²) in [6.07, 6.45) is 0. The third kappa shape index (κ3) is 5.23. The molecule has 0 spiro atoms. The molecule has 21 heavy (non-hydrogen) atoms. The van der Waals surface area contributed by atoms with Crippen molar-refractivity contribution in [3.63, 3.8) is 0 Å². The van der Waals surface area contributed by atoms with Gasteiger partial charge in [-0.15, -0.1) is 22.0 Å². The molecular weight excluding hydrogens is 288 g/mol. The Morgan fingerprint density at radius 1 is 1.24 bits per heavy atom. The van der Waals surface area contributed by atoms with Gasteiger partial charge in [0, 0.05) is 10.3 Å². The Morgan fingerprint density at radius 3 is 2.62 bits per heavy atom. The highest BCUT2D eigenvalue weighted by molar-refractivity contribution is 8.01. The van der Waals surface area contributed by atoms with E-state index in [1.165, 1.54) is 11.8 Å². The van der Waals surface area contributed by atoms with Crippen molar-refractivity contribution >= 4 is 17.7 Å². The van der Waals surface area contributed by atoms with Crippen LogP contribution in [0.1, 0.15) is 26.7 Å². The molecule has 0 unspecified atom stereocenters. The summed E-state index contributed by atoms with van der Waals surface area (Å²) >= 11 is 1.54. The lowest BCUT2D eigenvalue weighted by Crippen LogP contribution is -2.15. The highest BCUT2D eigenvalue weighted by atomic mass is 32.2. The molecular formula is C15H18N2O3S. The van der Waals surface area contributed by atoms with Gasteiger partial charge in [-0.2, -0.15) is 0 Å². The van der Waals surface area contributed by atoms with E-state index in [4.69, 9.17) is 9.15 Å². The predicted molar refractivity (Wildman–Crippen MR) is 81.7 cm³/mol. The van der Waals surface area contributed by atoms with Gasteiger partial charge in [0.15, 0.2) is 6.61 Å². The Morgan fingerprint density at radius 2 is 1.95 bits per heavy atom. The molecule has 1 aromatic heterocycles. The largest absolute Gasteiger partial charge is 0.455 e. The molecule has 0 aliphatic heterocycles. The third-order valence-electron chi connectivity index (χ3n) is 2.47. The number of nitrogens with zero attached hydrogens (tertiary/aromatic N) is 2. The summed E-state index contributed by atoms with van der Waals surface area (Å²) in [4.78, 5) is 11.6. The smallest absolute Gasteiger partial charge is 0.316 e. The zero-order valence-corrected chi connectivity index (χ0v) is 13.1. The van der Waals surface area contributed by atoms with Gasteiger partial charge >= 0.3 is 5.97 Å². The van der Waals surface area contributed by atoms with Crippen LogP contribution in [-0.4, -0.2) is 26.7 Å². The second kappa shape index (κ2) is 6.76. The van der Waals surface area contributed by atoms with Gasteiger partial charge < -0.3 is 9.15 Å². The normalized spacial score (nSPS) is 11.4. The molecule has 6 heteroatoms. The predicted octanol–water partition coefficient (Wildman–Crippen LogP) is 3.31. The van der Waals surface area contributed by atoms with Crippen LogP contribution in [0.2, 0.25) is 0 Å². The first kappa shape index (κ1) is 15.6. The zero-order chi connectivity index (χ0) is 15.3. The van der Waals surface area contributed by atoms with Crippen molar-refractivity contribution in [2.24, 2.45) is 0 Å². The van der Waals surface area contributed by atoms with Crippen LogP contribution in [0.5, 0.6) is 0 Å². The summed E-state index contributed by atoms with van der Waals surface area (Å²) in [5, 5.41) is 7.81. The van der Waals surface area contributed by atoms with E-state index in [1.54, 1.807) is 0 Å². The van der Waals surface area contributed by atoms with Gasteiger partial charge in [-0.3, -0.25) is 4.79 Å². The minimum Gasteiger partial charge on any atom is -0.455 e. The van der Waals surface area contributed by atoms with E-state index in [-0.39, 0.29) is 17.3 Å². The quantitative estimate of drug-likeness (QED) is 0.790. The molecule has 0 saturated carbocycles. The first-order valence-electron chi connectivity index (χ1n) is 6.61. The van der Waals surface area contributed by atoms with Crippen LogP contribution in [0.25, 0.3) is 11.5 Å². The van der Waals surface area contributed by atoms with Crippen molar-refractivity contribution in [1.29, 1.82) is 0 Å². The Labute approximate surface area is 128 Å². The molecule has 0 atom stereocenters. The van der Waals surface area contributed by atoms with E-state index in [0.29, 0.717) is 17.5 Å². The van der Waals surface area contributed by atoms with Crippen molar-refractivity contribution in [3.05, 3.63) is 36.2 Å². The fraction of sp³-hybridized carbons (Fsp3) is 0.400. The topological polar surface area (TPSA) is 65.2 Å². The van der Waals surface area contributed by atoms with E-state index in [0.717, 1.165) is 5.56 Å². The highest BCUT2D eigenvalue weighted by Crippen LogP contribution is 2.23. The summed E-state index contributed by atoms with van der Waals surface area (Å²) in [5.74, 6) is 0.742. The molecule has 0 saturated heterocycles. The number of rotatable bonds is 5. The first-order valence-corrected chi connectivity index (χ1v) is 7.60. The molecule has 0 N–H and O–H groups in total. The number of benzene rings is 1. The van der Waals surface area contributed by atoms with E-state index >= 15 is 0 Å². The SMILES string of the molecule is CC(C)(C)SCC(=O)OCc1nnc(-c2ccccc2)o1. The van der Waals surface area contributed by atoms with Crippen LogP contribution in [0.3, 0.4) is 0 Å². The molecule has 0 radical (unpaired) electrons. The summed E-state index contributed by atoms with van der Waals surface area (Å²) in [6.45, 7) is 6.16. The number of carbonyl (C=O) groups is 1. The van der Waals surface area contributed by atoms with E-state index in [2.05, 4.69) is 31.0 Å². The van der Waals surface area contributed by atoms with Gasteiger partial charge in [-0.1, -0.05) is 39.0 Å². The molecule has 5 nitrogen and oxygen atoms in total. The zero-order valence-electron chi connectivity index (χ0n) is 12.3. The summed E-state index contributed by atoms with van der Waals surface area (Å²) < 4.78 is 10.6. The van der Waals surface area contributed by atoms with Crippen LogP contribution in [0, 0.1) is 0 Å². The van der Waals surface area contributed by atoms with Gasteiger partial charge in [-0.05, 0) is 12.1 Å². The van der Waals surface area contributed by atoms with Crippen LogP contribution >= 0.6 is 11.8 Å². The molecule has 2 aromatic rings. The molecule has 112 valence electrons. The summed E-state index contributed by atoms with van der Waals surface area (Å²) in [6, 6.07) is 9.45. The lowest BCUT2D eigenvalue weighted by atomic mass is 10.2. The van der Waals surface area contributed by atoms with Crippen LogP contribution in [0.4, 0.5) is 0 Å². The molecule has 2 rings (SSSR count). The highest BCUT2D eigenvalue weighted by Gasteiger charge is 2.15. The number of aromatic nitrogens is 2. The number of hydrogen-bond acceptors (Lipinski definition) is 6. The van der Waals surface area contributed by atoms with E-state index in [1.807, 2.05) is 30.3 Å². The summed E-state index contributed by atoms with van der Waals surface area (Å²) in [7, 11) is 0. The maximum atomic E-state index is 11.6. The first-order chi connectivity index (χ1) is 9.94. The average molecular weight is 306 g/mol. The van der Waals surface area contributed by atoms with Crippen molar-refractivity contribution in [3.8, 4) is 11.5 Å². The number of carbonyl (C=O) groups excluding carboxylic acids is 1. The fourth-order valence-corrected chi connectivity index (χ4v) is 2.10. The second-order valence-corrected chi connectivity index (χ2v) is 7.23. The van der Waals surface area contributed by atoms with Crippen molar-refractivity contribution in [2.75, 3.05) is 5.75 Å². The molecule has 0 aliphatic rings. The molecule has 0 amide bonds. The maximum Gasteiger partial charge on any atom is 0.316 e. The van der Waals surface area contributed by atoms with Gasteiger partial charge in [0.2, 0.25) is 5.89 Å². The number of ether oxygens (including phenoxy) is 1. The molecule has 0 fully saturated rings. The van der Waals surface area contributed by atoms with Crippen LogP contribution in [0.15, 0.2) is 34.7 Å². The molecule has 0 bridgehead atoms. The molecule has 1 aromatic carbocycles. The fourth-order valence-electron chi connectivity index (χ4n) is 1.47. The van der Waals surface area contributed by atoms with Gasteiger partial charge in [0.05, 0.1) is 5.75 Å². The van der Waals surface area contributed by atoms with Gasteiger partial charge in [0.1, 0.15) is 0 Å². The third-order valence-corrected chi connectivity index (χ3v) is 3.71. The van der Waals surface area contributed by atoms with Gasteiger partial charge in [-0.25, -0.2) is 0 Å². The monoisotopic (exact) mass is 306 g/mol. The number of hydrogen-bond donors (Lipinski definition) is 0. The number of esters is 1. The lowest BCUT2D eigenvalue weighted by Gasteiger charge is -2.16. The Hall–Kier alpha value is -1.82. The van der Waals surface area contributed by atoms with Crippen molar-refractivity contribution in [1.82, 2.24) is 10.2 Å². The molecule has 1 heterocycles. The lowest BCUT2D eigenvalue weighted by molar-refractivity contribution is -0.142. The Balaban J connectivity index is 1.85. The Bertz CT molecular complexity index is 590. The van der Waals surface area contributed by atoms with E-state index < -0.39 is 0 Å². The van der Waals surface area contributed by atoms with Gasteiger partial charge in [0.25, 0.3) is 5.89 Å². The van der Waals surface area contributed by atoms with Crippen molar-refractivity contribution < 1.29 is 13.9 Å². The van der Waals surface area contributed by atoms with Crippen LogP contribution < -0.4 is 0 Å². The average Bonchev–Trinajstić information content (AvgIpc) is 2.92. The minimum absolute atomic E-state index is 0.00334. The minimum atomic E-state index is -0.283. The van der Waals surface area contributed by atoms with Crippen LogP contribution in [-0.2, 0) is 16.1 Å². The standard InChI is InChI=1S/C15H18N2O3S/c1-15(2,3)21-10-13(18)19-9-12-16-17-14(20-12)11-7-5-4-6-8-11/h4-8H,9-10H2,1-3H3. The summed E-state index contributed by atoms with van der Waals surface area (Å²) in [5.41, 5.74) is 0.839.